The van der Waals surface area contributed by atoms with Gasteiger partial charge < -0.3 is 4.74 Å². The summed E-state index contributed by atoms with van der Waals surface area (Å²) < 4.78 is 21.0. The molecule has 1 aromatic carbocycles. The Kier molecular flexibility index (Phi) is 4.00. The van der Waals surface area contributed by atoms with Crippen LogP contribution >= 0.6 is 0 Å². The third kappa shape index (κ3) is 3.00. The van der Waals surface area contributed by atoms with Crippen molar-refractivity contribution in [1.29, 1.82) is 0 Å². The van der Waals surface area contributed by atoms with Crippen LogP contribution in [0.2, 0.25) is 0 Å². The molecular formula is C16H19FN2O. The summed E-state index contributed by atoms with van der Waals surface area (Å²) in [4.78, 5) is 0. The lowest BCUT2D eigenvalue weighted by Gasteiger charge is -2.21. The van der Waals surface area contributed by atoms with Gasteiger partial charge in [0.05, 0.1) is 11.7 Å². The third-order valence-electron chi connectivity index (χ3n) is 3.82. The highest BCUT2D eigenvalue weighted by atomic mass is 19.1. The van der Waals surface area contributed by atoms with Gasteiger partial charge in [-0.05, 0) is 31.0 Å². The maximum absolute atomic E-state index is 13.4. The van der Waals surface area contributed by atoms with Crippen LogP contribution in [0, 0.1) is 5.82 Å². The molecule has 0 atom stereocenters. The second kappa shape index (κ2) is 6.07. The van der Waals surface area contributed by atoms with E-state index in [-0.39, 0.29) is 11.6 Å². The van der Waals surface area contributed by atoms with Crippen molar-refractivity contribution in [1.82, 2.24) is 9.78 Å². The van der Waals surface area contributed by atoms with Crippen LogP contribution in [-0.4, -0.2) is 9.78 Å². The first kappa shape index (κ1) is 13.2. The molecule has 0 spiro atoms. The van der Waals surface area contributed by atoms with Gasteiger partial charge in [-0.25, -0.2) is 4.39 Å². The van der Waals surface area contributed by atoms with E-state index in [0.717, 1.165) is 5.69 Å². The number of hydrogen-bond acceptors (Lipinski definition) is 2. The van der Waals surface area contributed by atoms with Crippen molar-refractivity contribution in [3.63, 3.8) is 0 Å². The van der Waals surface area contributed by atoms with E-state index in [9.17, 15) is 4.39 Å². The van der Waals surface area contributed by atoms with Crippen LogP contribution in [0.1, 0.15) is 43.8 Å². The van der Waals surface area contributed by atoms with Gasteiger partial charge in [-0.15, -0.1) is 0 Å². The standard InChI is InChI=1S/C16H19FN2O/c17-15-8-4-5-9-16(15)20-12-13-10-11-19(18-13)14-6-2-1-3-7-14/h4-5,8-11,14H,1-3,6-7,12H2. The summed E-state index contributed by atoms with van der Waals surface area (Å²) in [6.07, 6.45) is 8.32. The van der Waals surface area contributed by atoms with E-state index in [1.165, 1.54) is 38.2 Å². The number of hydrogen-bond donors (Lipinski definition) is 0. The Labute approximate surface area is 118 Å². The van der Waals surface area contributed by atoms with E-state index in [1.54, 1.807) is 18.2 Å². The van der Waals surface area contributed by atoms with Gasteiger partial charge in [-0.3, -0.25) is 4.68 Å². The van der Waals surface area contributed by atoms with Crippen LogP contribution in [0.25, 0.3) is 0 Å². The molecular weight excluding hydrogens is 255 g/mol. The van der Waals surface area contributed by atoms with Crippen molar-refractivity contribution >= 4 is 0 Å². The largest absolute Gasteiger partial charge is 0.484 e. The van der Waals surface area contributed by atoms with E-state index in [1.807, 2.05) is 16.9 Å². The highest BCUT2D eigenvalue weighted by Crippen LogP contribution is 2.27. The van der Waals surface area contributed by atoms with E-state index in [2.05, 4.69) is 5.10 Å². The Morgan fingerprint density at radius 2 is 1.95 bits per heavy atom. The van der Waals surface area contributed by atoms with Crippen LogP contribution in [0.3, 0.4) is 0 Å². The summed E-state index contributed by atoms with van der Waals surface area (Å²) in [6, 6.07) is 8.92. The molecule has 20 heavy (non-hydrogen) atoms. The van der Waals surface area contributed by atoms with Crippen LogP contribution in [0.5, 0.6) is 5.75 Å². The summed E-state index contributed by atoms with van der Waals surface area (Å²) >= 11 is 0. The lowest BCUT2D eigenvalue weighted by atomic mass is 9.96. The first-order valence-electron chi connectivity index (χ1n) is 7.24. The summed E-state index contributed by atoms with van der Waals surface area (Å²) in [5, 5.41) is 4.55. The van der Waals surface area contributed by atoms with Gasteiger partial charge in [0.2, 0.25) is 0 Å². The molecule has 106 valence electrons. The Morgan fingerprint density at radius 3 is 2.75 bits per heavy atom. The molecule has 0 aliphatic heterocycles. The zero-order valence-electron chi connectivity index (χ0n) is 11.5. The normalized spacial score (nSPS) is 16.2. The van der Waals surface area contributed by atoms with E-state index in [4.69, 9.17) is 4.74 Å². The van der Waals surface area contributed by atoms with Crippen LogP contribution < -0.4 is 4.74 Å². The van der Waals surface area contributed by atoms with E-state index >= 15 is 0 Å². The number of aromatic nitrogens is 2. The maximum Gasteiger partial charge on any atom is 0.165 e. The molecule has 1 saturated carbocycles. The molecule has 2 aromatic rings. The van der Waals surface area contributed by atoms with Crippen molar-refractivity contribution in [2.75, 3.05) is 0 Å². The quantitative estimate of drug-likeness (QED) is 0.839. The fourth-order valence-corrected chi connectivity index (χ4v) is 2.72. The minimum Gasteiger partial charge on any atom is -0.484 e. The molecule has 0 radical (unpaired) electrons. The molecule has 3 nitrogen and oxygen atoms in total. The number of ether oxygens (including phenoxy) is 1. The SMILES string of the molecule is Fc1ccccc1OCc1ccn(C2CCCCC2)n1. The molecule has 1 fully saturated rings. The van der Waals surface area contributed by atoms with Crippen molar-refractivity contribution in [3.05, 3.63) is 48.0 Å². The lowest BCUT2D eigenvalue weighted by Crippen LogP contribution is -2.13. The summed E-state index contributed by atoms with van der Waals surface area (Å²) in [5.74, 6) is -0.0565. The summed E-state index contributed by atoms with van der Waals surface area (Å²) in [7, 11) is 0. The number of nitrogens with zero attached hydrogens (tertiary/aromatic N) is 2. The van der Waals surface area contributed by atoms with Crippen molar-refractivity contribution in [3.8, 4) is 5.75 Å². The zero-order chi connectivity index (χ0) is 13.8. The Bertz CT molecular complexity index is 561. The molecule has 1 aromatic heterocycles. The van der Waals surface area contributed by atoms with Crippen molar-refractivity contribution in [2.24, 2.45) is 0 Å². The van der Waals surface area contributed by atoms with Crippen molar-refractivity contribution < 1.29 is 9.13 Å². The predicted molar refractivity (Wildman–Crippen MR) is 75.1 cm³/mol. The number of para-hydroxylation sites is 1. The average molecular weight is 274 g/mol. The molecule has 1 aliphatic rings. The van der Waals surface area contributed by atoms with Gasteiger partial charge in [0.25, 0.3) is 0 Å². The van der Waals surface area contributed by atoms with Crippen LogP contribution in [0.15, 0.2) is 36.5 Å². The molecule has 1 heterocycles. The highest BCUT2D eigenvalue weighted by Gasteiger charge is 2.16. The summed E-state index contributed by atoms with van der Waals surface area (Å²) in [5.41, 5.74) is 0.846. The molecule has 1 aliphatic carbocycles. The molecule has 0 saturated heterocycles. The molecule has 0 N–H and O–H groups in total. The average Bonchev–Trinajstić information content (AvgIpc) is 2.96. The van der Waals surface area contributed by atoms with Gasteiger partial charge in [0, 0.05) is 6.20 Å². The third-order valence-corrected chi connectivity index (χ3v) is 3.82. The first-order valence-corrected chi connectivity index (χ1v) is 7.24. The van der Waals surface area contributed by atoms with E-state index in [0.29, 0.717) is 12.6 Å². The van der Waals surface area contributed by atoms with Crippen molar-refractivity contribution in [2.45, 2.75) is 44.8 Å². The smallest absolute Gasteiger partial charge is 0.165 e. The zero-order valence-corrected chi connectivity index (χ0v) is 11.5. The van der Waals surface area contributed by atoms with Gasteiger partial charge in [0.1, 0.15) is 6.61 Å². The monoisotopic (exact) mass is 274 g/mol. The second-order valence-corrected chi connectivity index (χ2v) is 5.30. The van der Waals surface area contributed by atoms with Gasteiger partial charge >= 0.3 is 0 Å². The molecule has 3 rings (SSSR count). The minimum atomic E-state index is -0.334. The molecule has 4 heteroatoms. The topological polar surface area (TPSA) is 27.1 Å². The Balaban J connectivity index is 1.61. The highest BCUT2D eigenvalue weighted by molar-refractivity contribution is 5.23. The molecule has 0 amide bonds. The number of rotatable bonds is 4. The first-order chi connectivity index (χ1) is 9.83. The molecule has 0 unspecified atom stereocenters. The van der Waals surface area contributed by atoms with Gasteiger partial charge in [-0.2, -0.15) is 5.10 Å². The fraction of sp³-hybridized carbons (Fsp3) is 0.438. The van der Waals surface area contributed by atoms with Gasteiger partial charge in [0.15, 0.2) is 11.6 Å². The van der Waals surface area contributed by atoms with Gasteiger partial charge in [-0.1, -0.05) is 31.4 Å². The predicted octanol–water partition coefficient (Wildman–Crippen LogP) is 4.11. The van der Waals surface area contributed by atoms with Crippen LogP contribution in [-0.2, 0) is 6.61 Å². The Hall–Kier alpha value is -1.84. The van der Waals surface area contributed by atoms with E-state index < -0.39 is 0 Å². The lowest BCUT2D eigenvalue weighted by molar-refractivity contribution is 0.279. The van der Waals surface area contributed by atoms with Crippen LogP contribution in [0.4, 0.5) is 4.39 Å². The molecule has 0 bridgehead atoms. The Morgan fingerprint density at radius 1 is 1.15 bits per heavy atom. The summed E-state index contributed by atoms with van der Waals surface area (Å²) in [6.45, 7) is 0.306. The maximum atomic E-state index is 13.4. The fourth-order valence-electron chi connectivity index (χ4n) is 2.72. The number of benzene rings is 1. The number of halogens is 1. The minimum absolute atomic E-state index is 0.278. The second-order valence-electron chi connectivity index (χ2n) is 5.30.